The van der Waals surface area contributed by atoms with Gasteiger partial charge in [0, 0.05) is 37.6 Å². The van der Waals surface area contributed by atoms with Gasteiger partial charge in [-0.15, -0.1) is 0 Å². The van der Waals surface area contributed by atoms with Crippen LogP contribution in [0.1, 0.15) is 52.9 Å². The number of carbonyl (C=O) groups is 6. The van der Waals surface area contributed by atoms with E-state index in [0.717, 1.165) is 17.1 Å². The van der Waals surface area contributed by atoms with E-state index in [1.54, 1.807) is 20.8 Å². The predicted molar refractivity (Wildman–Crippen MR) is 135 cm³/mol. The number of hydroxylamine groups is 1. The Kier molecular flexibility index (Phi) is 14.9. The van der Waals surface area contributed by atoms with Crippen LogP contribution >= 0.6 is 7.36 Å². The average molecular weight is 560 g/mol. The third-order valence-electron chi connectivity index (χ3n) is 4.79. The van der Waals surface area contributed by atoms with Crippen molar-refractivity contribution in [3.63, 3.8) is 0 Å². The lowest BCUT2D eigenvalue weighted by atomic mass is 9.99. The van der Waals surface area contributed by atoms with Crippen LogP contribution in [0.2, 0.25) is 0 Å². The molecule has 0 saturated carbocycles. The first-order valence-corrected chi connectivity index (χ1v) is 13.7. The lowest BCUT2D eigenvalue weighted by Gasteiger charge is -2.21. The van der Waals surface area contributed by atoms with Crippen molar-refractivity contribution < 1.29 is 43.1 Å². The molecule has 0 saturated heterocycles. The number of ether oxygens (including phenoxy) is 2. The highest BCUT2D eigenvalue weighted by molar-refractivity contribution is 8.03. The third-order valence-corrected chi connectivity index (χ3v) is 5.87. The number of nitrogens with zero attached hydrogens (tertiary/aromatic N) is 1. The lowest BCUT2D eigenvalue weighted by molar-refractivity contribution is -0.156. The van der Waals surface area contributed by atoms with Gasteiger partial charge in [0.05, 0.1) is 27.0 Å². The van der Waals surface area contributed by atoms with Crippen molar-refractivity contribution in [3.8, 4) is 0 Å². The van der Waals surface area contributed by atoms with Crippen LogP contribution in [0, 0.1) is 5.92 Å². The van der Waals surface area contributed by atoms with Gasteiger partial charge in [0.25, 0.3) is 11.8 Å². The number of esters is 1. The molecule has 4 amide bonds. The van der Waals surface area contributed by atoms with Gasteiger partial charge in [-0.3, -0.25) is 38.5 Å². The first-order valence-electron chi connectivity index (χ1n) is 11.8. The topological polar surface area (TPSA) is 157 Å². The Bertz CT molecular complexity index is 871. The number of unbranched alkanes of at least 4 members (excludes halogenated alkanes) is 1. The van der Waals surface area contributed by atoms with E-state index in [4.69, 9.17) is 26.1 Å². The Labute approximate surface area is 222 Å². The molecule has 14 heteroatoms. The van der Waals surface area contributed by atoms with Crippen LogP contribution in [-0.2, 0) is 54.9 Å². The Morgan fingerprint density at radius 3 is 2.35 bits per heavy atom. The molecule has 0 aliphatic carbocycles. The maximum atomic E-state index is 12.1. The van der Waals surface area contributed by atoms with Gasteiger partial charge in [-0.1, -0.05) is 6.42 Å². The van der Waals surface area contributed by atoms with Crippen LogP contribution in [0.4, 0.5) is 0 Å². The second-order valence-corrected chi connectivity index (χ2v) is 10.3. The van der Waals surface area contributed by atoms with E-state index < -0.39 is 35.2 Å². The summed E-state index contributed by atoms with van der Waals surface area (Å²) in [5.41, 5.74) is 1.35. The summed E-state index contributed by atoms with van der Waals surface area (Å²) in [6, 6.07) is 0. The van der Waals surface area contributed by atoms with Crippen molar-refractivity contribution in [3.05, 3.63) is 12.2 Å². The average Bonchev–Trinajstić information content (AvgIpc) is 3.14. The molecule has 0 aromatic heterocycles. The molecule has 1 atom stereocenters. The lowest BCUT2D eigenvalue weighted by Crippen LogP contribution is -2.35. The Morgan fingerprint density at radius 1 is 1.05 bits per heavy atom. The zero-order valence-corrected chi connectivity index (χ0v) is 23.0. The van der Waals surface area contributed by atoms with E-state index >= 15 is 0 Å². The Balaban J connectivity index is 2.08. The van der Waals surface area contributed by atoms with Crippen molar-refractivity contribution in [2.75, 3.05) is 32.9 Å². The molecular formula is C23H34N3O9PS. The van der Waals surface area contributed by atoms with Gasteiger partial charge < -0.3 is 14.8 Å². The van der Waals surface area contributed by atoms with Crippen LogP contribution < -0.4 is 10.8 Å². The van der Waals surface area contributed by atoms with Gasteiger partial charge in [-0.2, -0.15) is 0 Å². The highest BCUT2D eigenvalue weighted by Gasteiger charge is 2.25. The van der Waals surface area contributed by atoms with Gasteiger partial charge >= 0.3 is 5.97 Å². The maximum Gasteiger partial charge on any atom is 0.307 e. The fourth-order valence-corrected chi connectivity index (χ4v) is 3.90. The molecule has 37 heavy (non-hydrogen) atoms. The van der Waals surface area contributed by atoms with Crippen molar-refractivity contribution in [1.82, 2.24) is 15.7 Å². The molecule has 1 aliphatic heterocycles. The van der Waals surface area contributed by atoms with Gasteiger partial charge in [-0.05, 0) is 45.4 Å². The summed E-state index contributed by atoms with van der Waals surface area (Å²) in [4.78, 5) is 76.3. The predicted octanol–water partition coefficient (Wildman–Crippen LogP) is 0.935. The van der Waals surface area contributed by atoms with E-state index in [1.807, 2.05) is 0 Å². The van der Waals surface area contributed by atoms with Gasteiger partial charge in [-0.25, -0.2) is 5.48 Å². The molecule has 0 spiro atoms. The summed E-state index contributed by atoms with van der Waals surface area (Å²) in [5, 5.41) is 2.69. The molecule has 0 bridgehead atoms. The summed E-state index contributed by atoms with van der Waals surface area (Å²) >= 11 is 4.81. The summed E-state index contributed by atoms with van der Waals surface area (Å²) in [5.74, 6) is -2.71. The number of hydrogen-bond acceptors (Lipinski definition) is 10. The smallest absolute Gasteiger partial charge is 0.307 e. The maximum absolute atomic E-state index is 12.1. The van der Waals surface area contributed by atoms with Gasteiger partial charge in [0.15, 0.2) is 5.52 Å². The van der Waals surface area contributed by atoms with E-state index in [9.17, 15) is 28.8 Å². The Hall–Kier alpha value is -2.60. The van der Waals surface area contributed by atoms with Crippen LogP contribution in [-0.4, -0.2) is 78.5 Å². The molecule has 1 aliphatic rings. The van der Waals surface area contributed by atoms with E-state index in [0.29, 0.717) is 25.8 Å². The fourth-order valence-electron chi connectivity index (χ4n) is 3.08. The molecule has 2 N–H and O–H groups in total. The van der Waals surface area contributed by atoms with Crippen LogP contribution in [0.3, 0.4) is 0 Å². The molecular weight excluding hydrogens is 525 g/mol. The molecule has 12 nitrogen and oxygen atoms in total. The van der Waals surface area contributed by atoms with Crippen LogP contribution in [0.15, 0.2) is 12.2 Å². The standard InChI is InChI=1S/C23H34N3O9PS/c1-23(2,3)35-21(31)14-16(22(32)36-37)6-4-5-10-24-18(28)15-33-12-13-34-25-17(27)9-11-26-19(29)7-8-20(26)30/h7-8,16H,4-6,9-15H2,1-3H3,(H,24,28)(H,25,27). The number of hydrogen-bond donors (Lipinski definition) is 2. The minimum absolute atomic E-state index is 0.00257. The highest BCUT2D eigenvalue weighted by Crippen LogP contribution is 2.21. The summed E-state index contributed by atoms with van der Waals surface area (Å²) in [7, 11) is 0.183. The molecule has 1 heterocycles. The SMILES string of the molecule is CC(C)(C)OC(=O)CC(CCCCNC(=O)COCCONC(=O)CCN1C(=O)C=CC1=O)C(=O)P=S. The van der Waals surface area contributed by atoms with Crippen LogP contribution in [0.25, 0.3) is 0 Å². The largest absolute Gasteiger partial charge is 0.460 e. The van der Waals surface area contributed by atoms with Crippen molar-refractivity contribution in [2.45, 2.75) is 58.5 Å². The molecule has 0 aromatic rings. The third kappa shape index (κ3) is 14.7. The number of carbonyl (C=O) groups excluding carboxylic acids is 6. The van der Waals surface area contributed by atoms with E-state index in [-0.39, 0.29) is 58.0 Å². The van der Waals surface area contributed by atoms with Crippen molar-refractivity contribution in [1.29, 1.82) is 0 Å². The zero-order valence-electron chi connectivity index (χ0n) is 21.3. The quantitative estimate of drug-likeness (QED) is 0.0814. The van der Waals surface area contributed by atoms with E-state index in [2.05, 4.69) is 10.8 Å². The van der Waals surface area contributed by atoms with E-state index in [1.165, 1.54) is 0 Å². The van der Waals surface area contributed by atoms with Crippen molar-refractivity contribution in [2.24, 2.45) is 5.92 Å². The minimum Gasteiger partial charge on any atom is -0.460 e. The molecule has 1 rings (SSSR count). The highest BCUT2D eigenvalue weighted by atomic mass is 32.4. The molecule has 1 unspecified atom stereocenters. The fraction of sp³-hybridized carbons (Fsp3) is 0.652. The minimum atomic E-state index is -0.626. The van der Waals surface area contributed by atoms with Crippen LogP contribution in [0.5, 0.6) is 0 Å². The normalized spacial score (nSPS) is 14.1. The molecule has 206 valence electrons. The monoisotopic (exact) mass is 559 g/mol. The number of nitrogens with one attached hydrogen (secondary N) is 2. The number of imide groups is 1. The first kappa shape index (κ1) is 32.4. The summed E-state index contributed by atoms with van der Waals surface area (Å²) in [6.45, 7) is 5.46. The summed E-state index contributed by atoms with van der Waals surface area (Å²) in [6.07, 6.45) is 3.86. The zero-order chi connectivity index (χ0) is 27.8. The van der Waals surface area contributed by atoms with Gasteiger partial charge in [0.2, 0.25) is 11.8 Å². The second kappa shape index (κ2) is 17.0. The molecule has 0 fully saturated rings. The first-order chi connectivity index (χ1) is 17.4. The molecule has 0 aromatic carbocycles. The number of amides is 4. The number of rotatable bonds is 18. The summed E-state index contributed by atoms with van der Waals surface area (Å²) < 4.78 is 10.4. The Morgan fingerprint density at radius 2 is 1.73 bits per heavy atom. The molecule has 0 radical (unpaired) electrons. The van der Waals surface area contributed by atoms with Crippen molar-refractivity contribution >= 4 is 54.3 Å². The second-order valence-electron chi connectivity index (χ2n) is 9.10. The van der Waals surface area contributed by atoms with Gasteiger partial charge in [0.1, 0.15) is 12.2 Å².